The molecule has 88 valence electrons. The predicted octanol–water partition coefficient (Wildman–Crippen LogP) is 4.43. The summed E-state index contributed by atoms with van der Waals surface area (Å²) in [6, 6.07) is 13.1. The first-order chi connectivity index (χ1) is 8.76. The summed E-state index contributed by atoms with van der Waals surface area (Å²) >= 11 is 7.43. The van der Waals surface area contributed by atoms with Gasteiger partial charge in [-0.25, -0.2) is 4.98 Å². The molecular formula is C14H8ClNOS. The van der Waals surface area contributed by atoms with Crippen LogP contribution in [0.25, 0.3) is 20.8 Å². The van der Waals surface area contributed by atoms with Crippen LogP contribution >= 0.6 is 22.9 Å². The van der Waals surface area contributed by atoms with E-state index in [4.69, 9.17) is 11.6 Å². The fourth-order valence-electron chi connectivity index (χ4n) is 1.73. The van der Waals surface area contributed by atoms with Crippen LogP contribution in [-0.4, -0.2) is 11.3 Å². The summed E-state index contributed by atoms with van der Waals surface area (Å²) in [5.41, 5.74) is 2.62. The number of halogens is 1. The maximum absolute atomic E-state index is 10.7. The summed E-state index contributed by atoms with van der Waals surface area (Å²) in [6.45, 7) is 0. The fraction of sp³-hybridized carbons (Fsp3) is 0. The lowest BCUT2D eigenvalue weighted by atomic mass is 10.2. The van der Waals surface area contributed by atoms with Crippen LogP contribution in [-0.2, 0) is 0 Å². The molecule has 0 saturated carbocycles. The van der Waals surface area contributed by atoms with Crippen LogP contribution in [0.15, 0.2) is 42.5 Å². The van der Waals surface area contributed by atoms with Crippen molar-refractivity contribution in [3.63, 3.8) is 0 Å². The van der Waals surface area contributed by atoms with Gasteiger partial charge in [0.25, 0.3) is 0 Å². The summed E-state index contributed by atoms with van der Waals surface area (Å²) in [7, 11) is 0. The largest absolute Gasteiger partial charge is 0.298 e. The van der Waals surface area contributed by atoms with Crippen LogP contribution in [0.3, 0.4) is 0 Å². The van der Waals surface area contributed by atoms with E-state index in [9.17, 15) is 4.79 Å². The van der Waals surface area contributed by atoms with Crippen molar-refractivity contribution in [3.8, 4) is 10.6 Å². The summed E-state index contributed by atoms with van der Waals surface area (Å²) in [5, 5.41) is 1.65. The lowest BCUT2D eigenvalue weighted by molar-refractivity contribution is 0.112. The topological polar surface area (TPSA) is 30.0 Å². The van der Waals surface area contributed by atoms with E-state index in [1.807, 2.05) is 36.4 Å². The number of fused-ring (bicyclic) bond motifs is 1. The minimum Gasteiger partial charge on any atom is -0.298 e. The maximum atomic E-state index is 10.7. The smallest absolute Gasteiger partial charge is 0.150 e. The third-order valence-electron chi connectivity index (χ3n) is 2.64. The van der Waals surface area contributed by atoms with Crippen molar-refractivity contribution in [3.05, 3.63) is 53.1 Å². The summed E-state index contributed by atoms with van der Waals surface area (Å²) in [6.07, 6.45) is 0.848. The minimum atomic E-state index is 0.675. The Morgan fingerprint density at radius 3 is 2.61 bits per heavy atom. The molecule has 0 saturated heterocycles. The van der Waals surface area contributed by atoms with Crippen LogP contribution < -0.4 is 0 Å². The van der Waals surface area contributed by atoms with Crippen LogP contribution in [0, 0.1) is 0 Å². The van der Waals surface area contributed by atoms with Gasteiger partial charge in [0.05, 0.1) is 10.2 Å². The minimum absolute atomic E-state index is 0.675. The molecule has 3 rings (SSSR count). The summed E-state index contributed by atoms with van der Waals surface area (Å²) < 4.78 is 1.02. The number of benzene rings is 2. The molecule has 0 spiro atoms. The molecule has 4 heteroatoms. The predicted molar refractivity (Wildman–Crippen MR) is 75.5 cm³/mol. The van der Waals surface area contributed by atoms with E-state index in [1.54, 1.807) is 17.4 Å². The number of aromatic nitrogens is 1. The van der Waals surface area contributed by atoms with Crippen LogP contribution in [0.1, 0.15) is 10.4 Å². The van der Waals surface area contributed by atoms with Gasteiger partial charge in [0.1, 0.15) is 11.3 Å². The Labute approximate surface area is 113 Å². The molecule has 1 heterocycles. The zero-order valence-corrected chi connectivity index (χ0v) is 10.8. The lowest BCUT2D eigenvalue weighted by Crippen LogP contribution is -1.77. The van der Waals surface area contributed by atoms with Crippen LogP contribution in [0.4, 0.5) is 0 Å². The van der Waals surface area contributed by atoms with Gasteiger partial charge in [0.15, 0.2) is 0 Å². The van der Waals surface area contributed by atoms with Crippen molar-refractivity contribution in [2.75, 3.05) is 0 Å². The fourth-order valence-corrected chi connectivity index (χ4v) is 2.88. The van der Waals surface area contributed by atoms with Crippen molar-refractivity contribution in [2.24, 2.45) is 0 Å². The third kappa shape index (κ3) is 2.03. The second-order valence-corrected chi connectivity index (χ2v) is 5.34. The van der Waals surface area contributed by atoms with E-state index in [0.29, 0.717) is 10.6 Å². The number of hydrogen-bond acceptors (Lipinski definition) is 3. The molecule has 2 aromatic carbocycles. The average molecular weight is 274 g/mol. The Kier molecular flexibility index (Phi) is 2.86. The van der Waals surface area contributed by atoms with E-state index < -0.39 is 0 Å². The monoisotopic (exact) mass is 273 g/mol. The van der Waals surface area contributed by atoms with Gasteiger partial charge in [0.2, 0.25) is 0 Å². The Morgan fingerprint density at radius 1 is 1.11 bits per heavy atom. The lowest BCUT2D eigenvalue weighted by Gasteiger charge is -1.94. The molecule has 2 nitrogen and oxygen atoms in total. The van der Waals surface area contributed by atoms with Gasteiger partial charge in [0, 0.05) is 16.1 Å². The van der Waals surface area contributed by atoms with Crippen molar-refractivity contribution < 1.29 is 4.79 Å². The molecule has 0 aliphatic rings. The number of rotatable bonds is 2. The van der Waals surface area contributed by atoms with Gasteiger partial charge >= 0.3 is 0 Å². The van der Waals surface area contributed by atoms with Crippen molar-refractivity contribution in [1.29, 1.82) is 0 Å². The van der Waals surface area contributed by atoms with E-state index in [1.165, 1.54) is 0 Å². The average Bonchev–Trinajstić information content (AvgIpc) is 2.82. The SMILES string of the molecule is O=Cc1ccc2nc(-c3ccc(Cl)cc3)sc2c1. The molecule has 0 fully saturated rings. The number of hydrogen-bond donors (Lipinski definition) is 0. The molecule has 0 amide bonds. The van der Waals surface area contributed by atoms with Crippen molar-refractivity contribution in [2.45, 2.75) is 0 Å². The molecule has 0 atom stereocenters. The van der Waals surface area contributed by atoms with Crippen molar-refractivity contribution in [1.82, 2.24) is 4.98 Å². The Bertz CT molecular complexity index is 718. The molecule has 1 aromatic heterocycles. The highest BCUT2D eigenvalue weighted by molar-refractivity contribution is 7.21. The molecule has 0 radical (unpaired) electrons. The molecule has 0 bridgehead atoms. The molecule has 0 unspecified atom stereocenters. The quantitative estimate of drug-likeness (QED) is 0.647. The number of carbonyl (C=O) groups excluding carboxylic acids is 1. The Morgan fingerprint density at radius 2 is 1.89 bits per heavy atom. The van der Waals surface area contributed by atoms with Crippen molar-refractivity contribution >= 4 is 39.4 Å². The van der Waals surface area contributed by atoms with E-state index >= 15 is 0 Å². The highest BCUT2D eigenvalue weighted by Gasteiger charge is 2.06. The van der Waals surface area contributed by atoms with Gasteiger partial charge < -0.3 is 0 Å². The number of carbonyl (C=O) groups is 1. The standard InChI is InChI=1S/C14H8ClNOS/c15-11-4-2-10(3-5-11)14-16-12-6-1-9(8-17)7-13(12)18-14/h1-8H. The van der Waals surface area contributed by atoms with Crippen LogP contribution in [0.5, 0.6) is 0 Å². The Balaban J connectivity index is 2.12. The van der Waals surface area contributed by atoms with E-state index in [2.05, 4.69) is 4.98 Å². The second-order valence-electron chi connectivity index (χ2n) is 3.87. The van der Waals surface area contributed by atoms with E-state index in [0.717, 1.165) is 27.1 Å². The summed E-state index contributed by atoms with van der Waals surface area (Å²) in [4.78, 5) is 15.3. The molecule has 18 heavy (non-hydrogen) atoms. The third-order valence-corrected chi connectivity index (χ3v) is 3.96. The first-order valence-corrected chi connectivity index (χ1v) is 6.57. The zero-order valence-electron chi connectivity index (χ0n) is 9.26. The highest BCUT2D eigenvalue weighted by atomic mass is 35.5. The molecule has 0 N–H and O–H groups in total. The zero-order chi connectivity index (χ0) is 12.5. The van der Waals surface area contributed by atoms with Gasteiger partial charge in [-0.1, -0.05) is 23.7 Å². The number of nitrogens with zero attached hydrogens (tertiary/aromatic N) is 1. The van der Waals surface area contributed by atoms with Crippen LogP contribution in [0.2, 0.25) is 5.02 Å². The van der Waals surface area contributed by atoms with Gasteiger partial charge in [-0.3, -0.25) is 4.79 Å². The number of aldehydes is 1. The maximum Gasteiger partial charge on any atom is 0.150 e. The molecule has 0 aliphatic carbocycles. The number of thiazole rings is 1. The highest BCUT2D eigenvalue weighted by Crippen LogP contribution is 2.31. The first-order valence-electron chi connectivity index (χ1n) is 5.38. The second kappa shape index (κ2) is 4.52. The van der Waals surface area contributed by atoms with E-state index in [-0.39, 0.29) is 0 Å². The normalized spacial score (nSPS) is 10.7. The van der Waals surface area contributed by atoms with Gasteiger partial charge in [-0.05, 0) is 30.3 Å². The first kappa shape index (κ1) is 11.4. The molecule has 0 aliphatic heterocycles. The van der Waals surface area contributed by atoms with Gasteiger partial charge in [-0.15, -0.1) is 11.3 Å². The summed E-state index contributed by atoms with van der Waals surface area (Å²) in [5.74, 6) is 0. The molecular weight excluding hydrogens is 266 g/mol. The Hall–Kier alpha value is -1.71. The van der Waals surface area contributed by atoms with Gasteiger partial charge in [-0.2, -0.15) is 0 Å². The molecule has 3 aromatic rings.